The third-order valence-corrected chi connectivity index (χ3v) is 3.47. The van der Waals surface area contributed by atoms with Crippen molar-refractivity contribution in [2.45, 2.75) is 32.2 Å². The maximum Gasteiger partial charge on any atom is 0.325 e. The van der Waals surface area contributed by atoms with E-state index in [1.54, 1.807) is 5.51 Å². The second-order valence-corrected chi connectivity index (χ2v) is 4.85. The third-order valence-electron chi connectivity index (χ3n) is 2.86. The largest absolute Gasteiger partial charge is 0.360 e. The number of hydrogen-bond acceptors (Lipinski definition) is 5. The Morgan fingerprint density at radius 3 is 3.06 bits per heavy atom. The molecular formula is C10H11N3O2S. The van der Waals surface area contributed by atoms with Gasteiger partial charge in [-0.15, -0.1) is 0 Å². The van der Waals surface area contributed by atoms with E-state index < -0.39 is 0 Å². The lowest BCUT2D eigenvalue weighted by molar-refractivity contribution is 0.375. The van der Waals surface area contributed by atoms with Gasteiger partial charge in [0, 0.05) is 11.5 Å². The fourth-order valence-electron chi connectivity index (χ4n) is 1.74. The molecule has 0 N–H and O–H groups in total. The summed E-state index contributed by atoms with van der Waals surface area (Å²) in [6, 6.07) is 0. The molecular weight excluding hydrogens is 226 g/mol. The van der Waals surface area contributed by atoms with E-state index in [2.05, 4.69) is 10.3 Å². The van der Waals surface area contributed by atoms with Gasteiger partial charge >= 0.3 is 4.87 Å². The first kappa shape index (κ1) is 9.77. The Morgan fingerprint density at radius 2 is 2.44 bits per heavy atom. The van der Waals surface area contributed by atoms with Gasteiger partial charge < -0.3 is 4.52 Å². The van der Waals surface area contributed by atoms with Crippen LogP contribution in [0.15, 0.2) is 14.8 Å². The van der Waals surface area contributed by atoms with Crippen LogP contribution in [0, 0.1) is 6.92 Å². The maximum absolute atomic E-state index is 11.3. The summed E-state index contributed by atoms with van der Waals surface area (Å²) in [6.07, 6.45) is 2.37. The van der Waals surface area contributed by atoms with Crippen LogP contribution in [-0.2, 0) is 6.54 Å². The number of nitrogens with zero attached hydrogens (tertiary/aromatic N) is 3. The molecule has 2 heterocycles. The zero-order chi connectivity index (χ0) is 11.1. The van der Waals surface area contributed by atoms with Crippen LogP contribution in [0.25, 0.3) is 0 Å². The van der Waals surface area contributed by atoms with Crippen LogP contribution in [0.4, 0.5) is 0 Å². The lowest BCUT2D eigenvalue weighted by Crippen LogP contribution is -2.16. The van der Waals surface area contributed by atoms with E-state index in [-0.39, 0.29) is 4.87 Å². The van der Waals surface area contributed by atoms with Gasteiger partial charge in [0.2, 0.25) is 0 Å². The molecule has 1 aliphatic rings. The Hall–Kier alpha value is -1.43. The first-order chi connectivity index (χ1) is 7.75. The van der Waals surface area contributed by atoms with Crippen molar-refractivity contribution in [2.24, 2.45) is 0 Å². The van der Waals surface area contributed by atoms with E-state index in [4.69, 9.17) is 4.52 Å². The quantitative estimate of drug-likeness (QED) is 0.812. The van der Waals surface area contributed by atoms with Crippen molar-refractivity contribution in [1.82, 2.24) is 14.9 Å². The second kappa shape index (κ2) is 3.55. The van der Waals surface area contributed by atoms with Crippen LogP contribution in [0.1, 0.15) is 35.8 Å². The van der Waals surface area contributed by atoms with Crippen LogP contribution < -0.4 is 4.87 Å². The summed E-state index contributed by atoms with van der Waals surface area (Å²) in [7, 11) is 0. The monoisotopic (exact) mass is 237 g/mol. The van der Waals surface area contributed by atoms with Gasteiger partial charge in [0.25, 0.3) is 0 Å². The standard InChI is InChI=1S/C10H11N3O2S/c1-6-8(4-13-10(14)16-5-11-13)12-15-9(6)7-2-3-7/h5,7H,2-4H2,1H3. The van der Waals surface area contributed by atoms with Crippen molar-refractivity contribution >= 4 is 11.3 Å². The fraction of sp³-hybridized carbons (Fsp3) is 0.500. The molecule has 5 nitrogen and oxygen atoms in total. The van der Waals surface area contributed by atoms with Gasteiger partial charge in [-0.1, -0.05) is 16.5 Å². The summed E-state index contributed by atoms with van der Waals surface area (Å²) < 4.78 is 6.73. The Morgan fingerprint density at radius 1 is 1.62 bits per heavy atom. The summed E-state index contributed by atoms with van der Waals surface area (Å²) in [5.41, 5.74) is 3.43. The summed E-state index contributed by atoms with van der Waals surface area (Å²) in [5.74, 6) is 1.53. The molecule has 0 atom stereocenters. The highest BCUT2D eigenvalue weighted by Crippen LogP contribution is 2.42. The van der Waals surface area contributed by atoms with Gasteiger partial charge in [0.15, 0.2) is 0 Å². The SMILES string of the molecule is Cc1c(Cn2ncsc2=O)noc1C1CC1. The average Bonchev–Trinajstić information content (AvgIpc) is 2.94. The smallest absolute Gasteiger partial charge is 0.325 e. The topological polar surface area (TPSA) is 60.9 Å². The van der Waals surface area contributed by atoms with E-state index in [1.807, 2.05) is 6.92 Å². The maximum atomic E-state index is 11.3. The number of aromatic nitrogens is 3. The molecule has 0 saturated heterocycles. The van der Waals surface area contributed by atoms with E-state index in [0.717, 1.165) is 28.4 Å². The molecule has 0 amide bonds. The molecule has 84 valence electrons. The van der Waals surface area contributed by atoms with Gasteiger partial charge in [-0.3, -0.25) is 4.79 Å². The highest BCUT2D eigenvalue weighted by molar-refractivity contribution is 7.06. The lowest BCUT2D eigenvalue weighted by atomic mass is 10.1. The van der Waals surface area contributed by atoms with Gasteiger partial charge in [0.05, 0.1) is 6.54 Å². The molecule has 2 aromatic heterocycles. The first-order valence-corrected chi connectivity index (χ1v) is 6.09. The highest BCUT2D eigenvalue weighted by atomic mass is 32.1. The molecule has 3 rings (SSSR count). The van der Waals surface area contributed by atoms with Gasteiger partial charge in [-0.2, -0.15) is 5.10 Å². The normalized spacial score (nSPS) is 15.6. The van der Waals surface area contributed by atoms with E-state index in [9.17, 15) is 4.79 Å². The Bertz CT molecular complexity index is 565. The molecule has 0 spiro atoms. The Kier molecular flexibility index (Phi) is 2.17. The van der Waals surface area contributed by atoms with Crippen molar-refractivity contribution in [3.8, 4) is 0 Å². The highest BCUT2D eigenvalue weighted by Gasteiger charge is 2.30. The lowest BCUT2D eigenvalue weighted by Gasteiger charge is -1.96. The zero-order valence-corrected chi connectivity index (χ0v) is 9.66. The van der Waals surface area contributed by atoms with Crippen LogP contribution in [0.2, 0.25) is 0 Å². The molecule has 0 aromatic carbocycles. The van der Waals surface area contributed by atoms with Crippen LogP contribution >= 0.6 is 11.3 Å². The first-order valence-electron chi connectivity index (χ1n) is 5.21. The van der Waals surface area contributed by atoms with Gasteiger partial charge in [0.1, 0.15) is 17.0 Å². The van der Waals surface area contributed by atoms with Crippen LogP contribution in [0.3, 0.4) is 0 Å². The molecule has 1 aliphatic carbocycles. The van der Waals surface area contributed by atoms with Crippen molar-refractivity contribution in [3.05, 3.63) is 32.2 Å². The predicted octanol–water partition coefficient (Wildman–Crippen LogP) is 1.53. The summed E-state index contributed by atoms with van der Waals surface area (Å²) in [4.78, 5) is 11.3. The van der Waals surface area contributed by atoms with Gasteiger partial charge in [-0.25, -0.2) is 4.68 Å². The third kappa shape index (κ3) is 1.59. The van der Waals surface area contributed by atoms with Crippen LogP contribution in [0.5, 0.6) is 0 Å². The minimum absolute atomic E-state index is 0.0598. The molecule has 0 aliphatic heterocycles. The fourth-order valence-corrected chi connectivity index (χ4v) is 2.22. The summed E-state index contributed by atoms with van der Waals surface area (Å²) >= 11 is 1.09. The second-order valence-electron chi connectivity index (χ2n) is 4.06. The number of rotatable bonds is 3. The molecule has 0 unspecified atom stereocenters. The molecule has 1 saturated carbocycles. The van der Waals surface area contributed by atoms with E-state index in [1.165, 1.54) is 17.5 Å². The average molecular weight is 237 g/mol. The van der Waals surface area contributed by atoms with Gasteiger partial charge in [-0.05, 0) is 19.8 Å². The Labute approximate surface area is 95.7 Å². The van der Waals surface area contributed by atoms with Crippen molar-refractivity contribution in [3.63, 3.8) is 0 Å². The summed E-state index contributed by atoms with van der Waals surface area (Å²) in [5, 5.41) is 7.99. The van der Waals surface area contributed by atoms with Crippen molar-refractivity contribution in [2.75, 3.05) is 0 Å². The zero-order valence-electron chi connectivity index (χ0n) is 8.84. The minimum Gasteiger partial charge on any atom is -0.360 e. The molecule has 16 heavy (non-hydrogen) atoms. The molecule has 6 heteroatoms. The minimum atomic E-state index is -0.0598. The molecule has 2 aromatic rings. The summed E-state index contributed by atoms with van der Waals surface area (Å²) in [6.45, 7) is 2.40. The molecule has 0 radical (unpaired) electrons. The number of hydrogen-bond donors (Lipinski definition) is 0. The molecule has 0 bridgehead atoms. The Balaban J connectivity index is 1.90. The predicted molar refractivity (Wildman–Crippen MR) is 58.7 cm³/mol. The van der Waals surface area contributed by atoms with Crippen molar-refractivity contribution in [1.29, 1.82) is 0 Å². The molecule has 1 fully saturated rings. The van der Waals surface area contributed by atoms with E-state index in [0.29, 0.717) is 12.5 Å². The van der Waals surface area contributed by atoms with Crippen LogP contribution in [-0.4, -0.2) is 14.9 Å². The van der Waals surface area contributed by atoms with Crippen molar-refractivity contribution < 1.29 is 4.52 Å². The van der Waals surface area contributed by atoms with E-state index >= 15 is 0 Å².